The summed E-state index contributed by atoms with van der Waals surface area (Å²) in [6.45, 7) is 22.1. The van der Waals surface area contributed by atoms with Crippen LogP contribution >= 0.6 is 0 Å². The Labute approximate surface area is 439 Å². The molecule has 7 heteroatoms. The quantitative estimate of drug-likeness (QED) is 0.151. The van der Waals surface area contributed by atoms with Gasteiger partial charge in [0.25, 0.3) is 0 Å². The summed E-state index contributed by atoms with van der Waals surface area (Å²) < 4.78 is 30.7. The van der Waals surface area contributed by atoms with E-state index in [1.165, 1.54) is 17.2 Å². The first-order valence-corrected chi connectivity index (χ1v) is 26.0. The molecule has 0 aliphatic heterocycles. The van der Waals surface area contributed by atoms with Crippen molar-refractivity contribution in [3.8, 4) is 11.1 Å². The number of pyridine rings is 2. The van der Waals surface area contributed by atoms with E-state index in [0.29, 0.717) is 11.2 Å². The Kier molecular flexibility index (Phi) is 11.1. The lowest BCUT2D eigenvalue weighted by Crippen LogP contribution is -2.29. The molecule has 372 valence electrons. The Morgan fingerprint density at radius 3 is 1.61 bits per heavy atom. The average molecular weight is 985 g/mol. The number of hydrogen-bond acceptors (Lipinski definition) is 6. The van der Waals surface area contributed by atoms with Gasteiger partial charge in [-0.05, 0) is 140 Å². The van der Waals surface area contributed by atoms with Gasteiger partial charge in [0, 0.05) is 45.7 Å². The number of hydrogen-bond donors (Lipinski definition) is 0. The van der Waals surface area contributed by atoms with E-state index in [4.69, 9.17) is 18.8 Å². The van der Waals surface area contributed by atoms with Crippen LogP contribution in [-0.2, 0) is 21.7 Å². The molecular formula is C68H61FN4O2. The van der Waals surface area contributed by atoms with E-state index in [1.807, 2.05) is 36.7 Å². The van der Waals surface area contributed by atoms with E-state index in [0.717, 1.165) is 101 Å². The minimum absolute atomic E-state index is 0.0603. The van der Waals surface area contributed by atoms with E-state index in [9.17, 15) is 0 Å². The average Bonchev–Trinajstić information content (AvgIpc) is 4.22. The summed E-state index contributed by atoms with van der Waals surface area (Å²) in [5.74, 6) is 1.16. The molecule has 75 heavy (non-hydrogen) atoms. The largest absolute Gasteiger partial charge is 0.464 e. The van der Waals surface area contributed by atoms with Crippen molar-refractivity contribution < 1.29 is 13.2 Å². The summed E-state index contributed by atoms with van der Waals surface area (Å²) in [4.78, 5) is 14.9. The molecule has 1 aliphatic carbocycles. The Balaban J connectivity index is 1.24. The van der Waals surface area contributed by atoms with Crippen molar-refractivity contribution in [1.82, 2.24) is 9.97 Å². The predicted molar refractivity (Wildman–Crippen MR) is 307 cm³/mol. The second kappa shape index (κ2) is 17.4. The van der Waals surface area contributed by atoms with E-state index in [1.54, 1.807) is 12.3 Å². The Morgan fingerprint density at radius 1 is 0.480 bits per heavy atom. The van der Waals surface area contributed by atoms with Gasteiger partial charge < -0.3 is 8.83 Å². The normalized spacial score (nSPS) is 14.7. The van der Waals surface area contributed by atoms with E-state index in [-0.39, 0.29) is 22.1 Å². The van der Waals surface area contributed by atoms with Crippen molar-refractivity contribution >= 4 is 67.3 Å². The van der Waals surface area contributed by atoms with E-state index in [2.05, 4.69) is 212 Å². The van der Waals surface area contributed by atoms with Crippen LogP contribution < -0.4 is 9.80 Å². The fourth-order valence-corrected chi connectivity index (χ4v) is 11.4. The maximum Gasteiger partial charge on any atom is 0.145 e. The number of para-hydroxylation sites is 1. The van der Waals surface area contributed by atoms with Crippen LogP contribution in [0.5, 0.6) is 0 Å². The highest BCUT2D eigenvalue weighted by Crippen LogP contribution is 2.63. The van der Waals surface area contributed by atoms with Crippen LogP contribution in [-0.4, -0.2) is 9.97 Å². The van der Waals surface area contributed by atoms with E-state index >= 15 is 4.39 Å². The number of aryl methyl sites for hydroxylation is 1. The topological polar surface area (TPSA) is 58.5 Å². The van der Waals surface area contributed by atoms with Gasteiger partial charge in [-0.25, -0.2) is 14.4 Å². The van der Waals surface area contributed by atoms with Gasteiger partial charge in [-0.3, -0.25) is 9.80 Å². The Bertz CT molecular complexity index is 3890. The second-order valence-electron chi connectivity index (χ2n) is 23.3. The molecule has 0 fully saturated rings. The zero-order chi connectivity index (χ0) is 52.2. The van der Waals surface area contributed by atoms with Gasteiger partial charge >= 0.3 is 0 Å². The molecule has 0 amide bonds. The number of furan rings is 2. The summed E-state index contributed by atoms with van der Waals surface area (Å²) >= 11 is 0. The number of aromatic nitrogens is 2. The first kappa shape index (κ1) is 47.7. The molecule has 1 unspecified atom stereocenters. The van der Waals surface area contributed by atoms with Gasteiger partial charge in [0.1, 0.15) is 34.2 Å². The molecule has 0 bridgehead atoms. The standard InChI is InChI=1S/C68H61FN4O2/c1-42-23-33-58(70-40-42)73(50-31-26-44(27-32-50)66(5,6)7)56-39-54-62(64-60(56)52-21-14-15-22-57(52)75-64)61-53(68(54,45-17-12-11-13-18-45)46-19-16-20-48(69)37-46)38-55(51-35-36-74-63(51)61)72(49-29-24-43(25-30-49)65(2,3)4)59-34-28-47(41-71-59)67(8,9)10/h11-41H,1-10H3. The molecule has 0 saturated carbocycles. The zero-order valence-corrected chi connectivity index (χ0v) is 44.4. The van der Waals surface area contributed by atoms with Crippen LogP contribution in [0.1, 0.15) is 107 Å². The minimum atomic E-state index is -1.14. The maximum atomic E-state index is 16.5. The van der Waals surface area contributed by atoms with Gasteiger partial charge in [-0.1, -0.05) is 159 Å². The molecule has 4 aromatic heterocycles. The SMILES string of the molecule is Cc1ccc(N(c2ccc(C(C)(C)C)cc2)c2cc3c(c4oc5ccccc5c24)-c2c(cc(N(c4ccc(C(C)(C)C)cc4)c4ccc(C(C)(C)C)cn4)c4ccoc24)C3(c2ccccc2)c2cccc(F)c2)nc1. The van der Waals surface area contributed by atoms with Crippen LogP contribution in [0.4, 0.5) is 38.8 Å². The number of benzene rings is 7. The zero-order valence-electron chi connectivity index (χ0n) is 44.4. The molecule has 0 spiro atoms. The Hall–Kier alpha value is -8.29. The molecule has 11 aromatic rings. The van der Waals surface area contributed by atoms with Gasteiger partial charge in [-0.2, -0.15) is 0 Å². The molecule has 4 heterocycles. The molecule has 0 saturated heterocycles. The van der Waals surface area contributed by atoms with Crippen LogP contribution in [0.15, 0.2) is 197 Å². The summed E-state index contributed by atoms with van der Waals surface area (Å²) in [7, 11) is 0. The van der Waals surface area contributed by atoms with Crippen molar-refractivity contribution in [2.45, 2.75) is 90.9 Å². The van der Waals surface area contributed by atoms with Crippen LogP contribution in [0.2, 0.25) is 0 Å². The lowest BCUT2D eigenvalue weighted by atomic mass is 9.67. The smallest absolute Gasteiger partial charge is 0.145 e. The van der Waals surface area contributed by atoms with Gasteiger partial charge in [0.15, 0.2) is 0 Å². The van der Waals surface area contributed by atoms with Crippen molar-refractivity contribution in [1.29, 1.82) is 0 Å². The van der Waals surface area contributed by atoms with Gasteiger partial charge in [0.2, 0.25) is 0 Å². The summed E-state index contributed by atoms with van der Waals surface area (Å²) in [5, 5.41) is 2.77. The number of rotatable bonds is 8. The number of nitrogens with zero attached hydrogens (tertiary/aromatic N) is 4. The first-order chi connectivity index (χ1) is 35.9. The monoisotopic (exact) mass is 984 g/mol. The summed E-state index contributed by atoms with van der Waals surface area (Å²) in [5.41, 5.74) is 14.3. The molecule has 6 nitrogen and oxygen atoms in total. The van der Waals surface area contributed by atoms with Crippen molar-refractivity contribution in [2.24, 2.45) is 0 Å². The number of halogens is 1. The minimum Gasteiger partial charge on any atom is -0.464 e. The van der Waals surface area contributed by atoms with E-state index < -0.39 is 5.41 Å². The fourth-order valence-electron chi connectivity index (χ4n) is 11.4. The summed E-state index contributed by atoms with van der Waals surface area (Å²) in [6, 6.07) is 58.7. The van der Waals surface area contributed by atoms with Crippen LogP contribution in [0, 0.1) is 12.7 Å². The molecule has 0 radical (unpaired) electrons. The Morgan fingerprint density at radius 2 is 1.03 bits per heavy atom. The maximum absolute atomic E-state index is 16.5. The lowest BCUT2D eigenvalue weighted by molar-refractivity contribution is 0.587. The van der Waals surface area contributed by atoms with Crippen molar-refractivity contribution in [3.05, 3.63) is 239 Å². The fraction of sp³-hybridized carbons (Fsp3) is 0.206. The third kappa shape index (κ3) is 7.82. The third-order valence-corrected chi connectivity index (χ3v) is 15.3. The number of anilines is 6. The highest BCUT2D eigenvalue weighted by atomic mass is 19.1. The van der Waals surface area contributed by atoms with Crippen molar-refractivity contribution in [3.63, 3.8) is 0 Å². The second-order valence-corrected chi connectivity index (χ2v) is 23.3. The highest BCUT2D eigenvalue weighted by molar-refractivity contribution is 6.22. The van der Waals surface area contributed by atoms with Crippen molar-refractivity contribution in [2.75, 3.05) is 9.80 Å². The number of fused-ring (bicyclic) bond motifs is 9. The third-order valence-electron chi connectivity index (χ3n) is 15.3. The molecule has 1 atom stereocenters. The molecule has 7 aromatic carbocycles. The van der Waals surface area contributed by atoms with Gasteiger partial charge in [-0.15, -0.1) is 0 Å². The predicted octanol–water partition coefficient (Wildman–Crippen LogP) is 18.8. The first-order valence-electron chi connectivity index (χ1n) is 26.0. The summed E-state index contributed by atoms with van der Waals surface area (Å²) in [6.07, 6.45) is 5.70. The molecule has 1 aliphatic rings. The van der Waals surface area contributed by atoms with Gasteiger partial charge in [0.05, 0.1) is 28.4 Å². The molecular weight excluding hydrogens is 924 g/mol. The van der Waals surface area contributed by atoms with Crippen LogP contribution in [0.3, 0.4) is 0 Å². The highest BCUT2D eigenvalue weighted by Gasteiger charge is 2.51. The molecule has 0 N–H and O–H groups in total. The molecule has 12 rings (SSSR count). The van der Waals surface area contributed by atoms with Crippen LogP contribution in [0.25, 0.3) is 44.0 Å². The lowest BCUT2D eigenvalue weighted by Gasteiger charge is -2.36.